The minimum Gasteiger partial charge on any atom is -0.324 e. The Morgan fingerprint density at radius 3 is 2.56 bits per heavy atom. The van der Waals surface area contributed by atoms with Crippen LogP contribution in [0.15, 0.2) is 42.5 Å². The van der Waals surface area contributed by atoms with Gasteiger partial charge in [-0.3, -0.25) is 0 Å². The van der Waals surface area contributed by atoms with Crippen molar-refractivity contribution in [3.8, 4) is 0 Å². The van der Waals surface area contributed by atoms with E-state index in [4.69, 9.17) is 28.9 Å². The zero-order valence-corrected chi connectivity index (χ0v) is 13.2. The Balaban J connectivity index is 2.24. The van der Waals surface area contributed by atoms with E-state index in [1.807, 2.05) is 30.3 Å². The summed E-state index contributed by atoms with van der Waals surface area (Å²) in [5.74, 6) is 0. The standard InChI is InChI=1S/C14H12Cl2IN/c15-10-5-6-12(16)9(7-10)8-14(18)11-3-1-2-4-13(11)17/h1-7,14H,8,18H2. The van der Waals surface area contributed by atoms with Gasteiger partial charge in [0.2, 0.25) is 0 Å². The topological polar surface area (TPSA) is 26.0 Å². The first-order chi connectivity index (χ1) is 8.58. The summed E-state index contributed by atoms with van der Waals surface area (Å²) in [7, 11) is 0. The van der Waals surface area contributed by atoms with Gasteiger partial charge in [0.25, 0.3) is 0 Å². The third kappa shape index (κ3) is 3.38. The molecule has 2 N–H and O–H groups in total. The summed E-state index contributed by atoms with van der Waals surface area (Å²) in [5.41, 5.74) is 8.36. The van der Waals surface area contributed by atoms with Crippen molar-refractivity contribution in [1.82, 2.24) is 0 Å². The highest BCUT2D eigenvalue weighted by Gasteiger charge is 2.12. The molecule has 2 aromatic carbocycles. The Morgan fingerprint density at radius 2 is 1.83 bits per heavy atom. The van der Waals surface area contributed by atoms with Crippen LogP contribution in [-0.2, 0) is 6.42 Å². The highest BCUT2D eigenvalue weighted by Crippen LogP contribution is 2.26. The molecule has 94 valence electrons. The van der Waals surface area contributed by atoms with Crippen LogP contribution in [0.2, 0.25) is 10.0 Å². The molecule has 0 spiro atoms. The molecule has 0 fully saturated rings. The van der Waals surface area contributed by atoms with E-state index < -0.39 is 0 Å². The van der Waals surface area contributed by atoms with E-state index in [0.29, 0.717) is 16.5 Å². The highest BCUT2D eigenvalue weighted by molar-refractivity contribution is 14.1. The summed E-state index contributed by atoms with van der Waals surface area (Å²) in [6.45, 7) is 0. The molecule has 0 aliphatic rings. The zero-order chi connectivity index (χ0) is 13.1. The fourth-order valence-electron chi connectivity index (χ4n) is 1.82. The summed E-state index contributed by atoms with van der Waals surface area (Å²) in [6.07, 6.45) is 0.680. The first-order valence-corrected chi connectivity index (χ1v) is 7.35. The summed E-state index contributed by atoms with van der Waals surface area (Å²) >= 11 is 14.4. The third-order valence-electron chi connectivity index (χ3n) is 2.75. The van der Waals surface area contributed by atoms with Crippen molar-refractivity contribution in [3.05, 3.63) is 67.2 Å². The molecule has 18 heavy (non-hydrogen) atoms. The molecular weight excluding hydrogens is 380 g/mol. The van der Waals surface area contributed by atoms with Gasteiger partial charge in [0, 0.05) is 19.7 Å². The van der Waals surface area contributed by atoms with Crippen molar-refractivity contribution in [1.29, 1.82) is 0 Å². The lowest BCUT2D eigenvalue weighted by Crippen LogP contribution is -2.14. The van der Waals surface area contributed by atoms with Crippen LogP contribution in [0.4, 0.5) is 0 Å². The Hall–Kier alpha value is -0.290. The van der Waals surface area contributed by atoms with Crippen LogP contribution in [0.1, 0.15) is 17.2 Å². The van der Waals surface area contributed by atoms with Crippen LogP contribution in [0.3, 0.4) is 0 Å². The van der Waals surface area contributed by atoms with Crippen LogP contribution in [0.5, 0.6) is 0 Å². The molecule has 0 saturated carbocycles. The molecule has 2 aromatic rings. The Labute approximate surface area is 130 Å². The number of hydrogen-bond donors (Lipinski definition) is 1. The van der Waals surface area contributed by atoms with Gasteiger partial charge in [-0.15, -0.1) is 0 Å². The fraction of sp³-hybridized carbons (Fsp3) is 0.143. The Morgan fingerprint density at radius 1 is 1.11 bits per heavy atom. The SMILES string of the molecule is NC(Cc1cc(Cl)ccc1Cl)c1ccccc1I. The summed E-state index contributed by atoms with van der Waals surface area (Å²) in [4.78, 5) is 0. The molecule has 2 rings (SSSR count). The number of hydrogen-bond acceptors (Lipinski definition) is 1. The molecule has 4 heteroatoms. The lowest BCUT2D eigenvalue weighted by molar-refractivity contribution is 0.718. The van der Waals surface area contributed by atoms with Crippen LogP contribution < -0.4 is 5.73 Å². The maximum atomic E-state index is 6.24. The smallest absolute Gasteiger partial charge is 0.0439 e. The van der Waals surface area contributed by atoms with E-state index in [1.165, 1.54) is 3.57 Å². The minimum atomic E-state index is -0.0749. The molecule has 0 saturated heterocycles. The van der Waals surface area contributed by atoms with Gasteiger partial charge >= 0.3 is 0 Å². The summed E-state index contributed by atoms with van der Waals surface area (Å²) in [6, 6.07) is 13.5. The molecule has 0 heterocycles. The van der Waals surface area contributed by atoms with Crippen molar-refractivity contribution in [2.24, 2.45) is 5.73 Å². The van der Waals surface area contributed by atoms with E-state index in [9.17, 15) is 0 Å². The average Bonchev–Trinajstić information content (AvgIpc) is 2.34. The van der Waals surface area contributed by atoms with Gasteiger partial charge in [-0.1, -0.05) is 41.4 Å². The molecule has 1 atom stereocenters. The van der Waals surface area contributed by atoms with E-state index in [2.05, 4.69) is 28.7 Å². The lowest BCUT2D eigenvalue weighted by atomic mass is 10.00. The van der Waals surface area contributed by atoms with Crippen molar-refractivity contribution in [3.63, 3.8) is 0 Å². The monoisotopic (exact) mass is 391 g/mol. The Kier molecular flexibility index (Phi) is 4.90. The van der Waals surface area contributed by atoms with E-state index in [-0.39, 0.29) is 6.04 Å². The van der Waals surface area contributed by atoms with Gasteiger partial charge in [0.05, 0.1) is 0 Å². The van der Waals surface area contributed by atoms with E-state index in [1.54, 1.807) is 6.07 Å². The normalized spacial score (nSPS) is 12.4. The van der Waals surface area contributed by atoms with Gasteiger partial charge in [0.15, 0.2) is 0 Å². The lowest BCUT2D eigenvalue weighted by Gasteiger charge is -2.15. The predicted molar refractivity (Wildman–Crippen MR) is 86.3 cm³/mol. The minimum absolute atomic E-state index is 0.0749. The van der Waals surface area contributed by atoms with Crippen molar-refractivity contribution >= 4 is 45.8 Å². The first kappa shape index (κ1) is 14.1. The van der Waals surface area contributed by atoms with Crippen LogP contribution in [-0.4, -0.2) is 0 Å². The molecular formula is C14H12Cl2IN. The summed E-state index contributed by atoms with van der Waals surface area (Å²) in [5, 5.41) is 1.39. The van der Waals surface area contributed by atoms with Crippen LogP contribution in [0.25, 0.3) is 0 Å². The second-order valence-corrected chi connectivity index (χ2v) is 6.07. The van der Waals surface area contributed by atoms with Crippen LogP contribution >= 0.6 is 45.8 Å². The largest absolute Gasteiger partial charge is 0.324 e. The fourth-order valence-corrected chi connectivity index (χ4v) is 3.00. The first-order valence-electron chi connectivity index (χ1n) is 5.52. The Bertz CT molecular complexity index is 557. The van der Waals surface area contributed by atoms with Gasteiger partial charge in [-0.05, 0) is 64.4 Å². The number of halogens is 3. The van der Waals surface area contributed by atoms with E-state index >= 15 is 0 Å². The maximum absolute atomic E-state index is 6.24. The molecule has 0 radical (unpaired) electrons. The van der Waals surface area contributed by atoms with Crippen molar-refractivity contribution in [2.45, 2.75) is 12.5 Å². The zero-order valence-electron chi connectivity index (χ0n) is 9.54. The molecule has 0 aromatic heterocycles. The molecule has 0 aliphatic heterocycles. The third-order valence-corrected chi connectivity index (χ3v) is 4.34. The van der Waals surface area contributed by atoms with Gasteiger partial charge < -0.3 is 5.73 Å². The second-order valence-electron chi connectivity index (χ2n) is 4.07. The molecule has 1 unspecified atom stereocenters. The summed E-state index contributed by atoms with van der Waals surface area (Å²) < 4.78 is 1.17. The molecule has 0 bridgehead atoms. The molecule has 0 aliphatic carbocycles. The molecule has 1 nitrogen and oxygen atoms in total. The molecule has 0 amide bonds. The maximum Gasteiger partial charge on any atom is 0.0439 e. The number of rotatable bonds is 3. The van der Waals surface area contributed by atoms with Gasteiger partial charge in [-0.2, -0.15) is 0 Å². The quantitative estimate of drug-likeness (QED) is 0.744. The van der Waals surface area contributed by atoms with Crippen molar-refractivity contribution in [2.75, 3.05) is 0 Å². The van der Waals surface area contributed by atoms with Crippen LogP contribution in [0, 0.1) is 3.57 Å². The predicted octanol–water partition coefficient (Wildman–Crippen LogP) is 4.84. The van der Waals surface area contributed by atoms with Gasteiger partial charge in [-0.25, -0.2) is 0 Å². The number of nitrogens with two attached hydrogens (primary N) is 1. The van der Waals surface area contributed by atoms with Crippen molar-refractivity contribution < 1.29 is 0 Å². The van der Waals surface area contributed by atoms with E-state index in [0.717, 1.165) is 11.1 Å². The van der Waals surface area contributed by atoms with Gasteiger partial charge in [0.1, 0.15) is 0 Å². The second kappa shape index (κ2) is 6.24. The average molecular weight is 392 g/mol. The highest BCUT2D eigenvalue weighted by atomic mass is 127. The number of benzene rings is 2.